The Hall–Kier alpha value is -2.91. The maximum Gasteiger partial charge on any atom is 0.164 e. The Morgan fingerprint density at radius 1 is 1.14 bits per heavy atom. The number of aromatic nitrogens is 4. The predicted octanol–water partition coefficient (Wildman–Crippen LogP) is 4.74. The molecule has 0 radical (unpaired) electrons. The van der Waals surface area contributed by atoms with Crippen molar-refractivity contribution in [2.24, 2.45) is 4.99 Å². The zero-order valence-electron chi connectivity index (χ0n) is 19.9. The molecule has 4 aromatic rings. The van der Waals surface area contributed by atoms with E-state index in [9.17, 15) is 5.11 Å². The van der Waals surface area contributed by atoms with Gasteiger partial charge in [-0.2, -0.15) is 0 Å². The van der Waals surface area contributed by atoms with Gasteiger partial charge in [-0.05, 0) is 62.9 Å². The zero-order valence-corrected chi connectivity index (χ0v) is 21.4. The van der Waals surface area contributed by atoms with Gasteiger partial charge in [-0.25, -0.2) is 0 Å². The Balaban J connectivity index is 1.48. The summed E-state index contributed by atoms with van der Waals surface area (Å²) in [5.74, 6) is 1.58. The van der Waals surface area contributed by atoms with E-state index in [0.29, 0.717) is 18.0 Å². The molecule has 0 fully saturated rings. The van der Waals surface area contributed by atoms with Gasteiger partial charge in [0.05, 0.1) is 5.71 Å². The molecule has 35 heavy (non-hydrogen) atoms. The second kappa shape index (κ2) is 9.99. The molecule has 0 spiro atoms. The quantitative estimate of drug-likeness (QED) is 0.354. The SMILES string of the molecule is Cc1sc2c(c1C)C(c1ccc(Cl)cc1)=N[C@@H](CNC(O)CCc1cccnc1)c1nnc(C)n1-2. The van der Waals surface area contributed by atoms with Crippen LogP contribution in [0.2, 0.25) is 5.02 Å². The summed E-state index contributed by atoms with van der Waals surface area (Å²) >= 11 is 7.91. The highest BCUT2D eigenvalue weighted by molar-refractivity contribution is 7.15. The summed E-state index contributed by atoms with van der Waals surface area (Å²) in [5.41, 5.74) is 5.29. The highest BCUT2D eigenvalue weighted by Crippen LogP contribution is 2.38. The molecular weight excluding hydrogens is 480 g/mol. The lowest BCUT2D eigenvalue weighted by atomic mass is 10.00. The van der Waals surface area contributed by atoms with Gasteiger partial charge in [0, 0.05) is 40.0 Å². The van der Waals surface area contributed by atoms with E-state index in [1.807, 2.05) is 49.5 Å². The average Bonchev–Trinajstić information content (AvgIpc) is 3.33. The Morgan fingerprint density at radius 2 is 1.94 bits per heavy atom. The third-order valence-corrected chi connectivity index (χ3v) is 7.78. The number of nitrogens with one attached hydrogen (secondary N) is 1. The summed E-state index contributed by atoms with van der Waals surface area (Å²) in [4.78, 5) is 10.6. The average molecular weight is 507 g/mol. The summed E-state index contributed by atoms with van der Waals surface area (Å²) in [6.07, 6.45) is 4.21. The topological polar surface area (TPSA) is 88.2 Å². The second-order valence-electron chi connectivity index (χ2n) is 8.73. The number of aliphatic imine (C=N–C) groups is 1. The molecule has 0 bridgehead atoms. The van der Waals surface area contributed by atoms with Crippen molar-refractivity contribution in [1.29, 1.82) is 0 Å². The zero-order chi connectivity index (χ0) is 24.5. The number of fused-ring (bicyclic) bond motifs is 3. The molecule has 0 saturated heterocycles. The molecule has 4 heterocycles. The lowest BCUT2D eigenvalue weighted by molar-refractivity contribution is 0.126. The molecule has 1 unspecified atom stereocenters. The molecule has 0 amide bonds. The molecule has 5 rings (SSSR count). The summed E-state index contributed by atoms with van der Waals surface area (Å²) in [5, 5.41) is 24.6. The van der Waals surface area contributed by atoms with Gasteiger partial charge in [-0.15, -0.1) is 21.5 Å². The predicted molar refractivity (Wildman–Crippen MR) is 140 cm³/mol. The van der Waals surface area contributed by atoms with Gasteiger partial charge in [0.25, 0.3) is 0 Å². The Labute approximate surface area is 213 Å². The van der Waals surface area contributed by atoms with E-state index in [-0.39, 0.29) is 6.04 Å². The summed E-state index contributed by atoms with van der Waals surface area (Å²) in [7, 11) is 0. The Morgan fingerprint density at radius 3 is 2.69 bits per heavy atom. The van der Waals surface area contributed by atoms with Crippen LogP contribution >= 0.6 is 22.9 Å². The van der Waals surface area contributed by atoms with E-state index in [4.69, 9.17) is 16.6 Å². The number of halogens is 1. The first-order valence-electron chi connectivity index (χ1n) is 11.6. The van der Waals surface area contributed by atoms with Crippen LogP contribution in [-0.4, -0.2) is 43.3 Å². The van der Waals surface area contributed by atoms with Crippen LogP contribution in [0.15, 0.2) is 53.8 Å². The summed E-state index contributed by atoms with van der Waals surface area (Å²) < 4.78 is 2.11. The maximum atomic E-state index is 10.7. The highest BCUT2D eigenvalue weighted by Gasteiger charge is 2.31. The minimum atomic E-state index is -0.678. The monoisotopic (exact) mass is 506 g/mol. The highest BCUT2D eigenvalue weighted by atomic mass is 35.5. The number of aliphatic hydroxyl groups excluding tert-OH is 1. The molecular formula is C26H27ClN6OS. The molecule has 1 aliphatic heterocycles. The van der Waals surface area contributed by atoms with Crippen molar-refractivity contribution in [2.45, 2.75) is 45.9 Å². The number of aliphatic hydroxyl groups is 1. The lowest BCUT2D eigenvalue weighted by Crippen LogP contribution is -2.33. The Kier molecular flexibility index (Phi) is 6.80. The molecule has 1 aliphatic rings. The van der Waals surface area contributed by atoms with Crippen LogP contribution in [0.5, 0.6) is 0 Å². The van der Waals surface area contributed by atoms with E-state index >= 15 is 0 Å². The van der Waals surface area contributed by atoms with Crippen molar-refractivity contribution in [3.63, 3.8) is 0 Å². The number of nitrogens with zero attached hydrogens (tertiary/aromatic N) is 5. The fraction of sp³-hybridized carbons (Fsp3) is 0.308. The third-order valence-electron chi connectivity index (χ3n) is 6.33. The fourth-order valence-electron chi connectivity index (χ4n) is 4.33. The Bertz CT molecular complexity index is 1360. The molecule has 2 atom stereocenters. The molecule has 0 aliphatic carbocycles. The van der Waals surface area contributed by atoms with Gasteiger partial charge in [-0.1, -0.05) is 29.8 Å². The minimum Gasteiger partial charge on any atom is -0.379 e. The molecule has 7 nitrogen and oxygen atoms in total. The van der Waals surface area contributed by atoms with Gasteiger partial charge in [0.2, 0.25) is 0 Å². The first-order chi connectivity index (χ1) is 16.9. The van der Waals surface area contributed by atoms with Crippen molar-refractivity contribution in [3.8, 4) is 5.00 Å². The number of benzene rings is 1. The number of hydrogen-bond donors (Lipinski definition) is 2. The minimum absolute atomic E-state index is 0.325. The number of aryl methyl sites for hydroxylation is 3. The van der Waals surface area contributed by atoms with Gasteiger partial charge in [0.1, 0.15) is 23.1 Å². The molecule has 2 N–H and O–H groups in total. The third kappa shape index (κ3) is 4.79. The first-order valence-corrected chi connectivity index (χ1v) is 12.8. The van der Waals surface area contributed by atoms with Crippen LogP contribution in [0.1, 0.15) is 51.2 Å². The van der Waals surface area contributed by atoms with Crippen LogP contribution in [0.3, 0.4) is 0 Å². The van der Waals surface area contributed by atoms with Crippen LogP contribution < -0.4 is 5.32 Å². The maximum absolute atomic E-state index is 10.7. The van der Waals surface area contributed by atoms with Crippen molar-refractivity contribution < 1.29 is 5.11 Å². The van der Waals surface area contributed by atoms with Gasteiger partial charge in [-0.3, -0.25) is 19.9 Å². The lowest BCUT2D eigenvalue weighted by Gasteiger charge is -2.17. The van der Waals surface area contributed by atoms with Crippen LogP contribution in [0, 0.1) is 20.8 Å². The van der Waals surface area contributed by atoms with E-state index in [1.54, 1.807) is 17.5 Å². The molecule has 9 heteroatoms. The van der Waals surface area contributed by atoms with Crippen molar-refractivity contribution in [1.82, 2.24) is 25.1 Å². The smallest absolute Gasteiger partial charge is 0.164 e. The van der Waals surface area contributed by atoms with Crippen molar-refractivity contribution >= 4 is 28.6 Å². The van der Waals surface area contributed by atoms with Crippen LogP contribution in [0.4, 0.5) is 0 Å². The number of hydrogen-bond acceptors (Lipinski definition) is 7. The van der Waals surface area contributed by atoms with Crippen LogP contribution in [0.25, 0.3) is 5.00 Å². The van der Waals surface area contributed by atoms with E-state index in [0.717, 1.165) is 45.5 Å². The molecule has 180 valence electrons. The molecule has 3 aromatic heterocycles. The number of rotatable bonds is 7. The van der Waals surface area contributed by atoms with Gasteiger partial charge >= 0.3 is 0 Å². The van der Waals surface area contributed by atoms with Gasteiger partial charge < -0.3 is 5.11 Å². The standard InChI is InChI=1S/C26H27ClN6OS/c1-15-16(2)35-26-23(15)24(19-7-9-20(27)10-8-19)30-21(25-32-31-17(3)33(25)26)14-29-22(34)11-6-18-5-4-12-28-13-18/h4-5,7-10,12-13,21-22,29,34H,6,11,14H2,1-3H3/t21-,22?/m0/s1. The van der Waals surface area contributed by atoms with Crippen molar-refractivity contribution in [3.05, 3.63) is 92.6 Å². The largest absolute Gasteiger partial charge is 0.379 e. The fourth-order valence-corrected chi connectivity index (χ4v) is 5.67. The van der Waals surface area contributed by atoms with E-state index in [1.165, 1.54) is 10.4 Å². The number of thiophene rings is 1. The second-order valence-corrected chi connectivity index (χ2v) is 10.4. The molecule has 0 saturated carbocycles. The van der Waals surface area contributed by atoms with Crippen molar-refractivity contribution in [2.75, 3.05) is 6.54 Å². The van der Waals surface area contributed by atoms with Crippen LogP contribution in [-0.2, 0) is 6.42 Å². The van der Waals surface area contributed by atoms with E-state index < -0.39 is 6.23 Å². The number of pyridine rings is 1. The summed E-state index contributed by atoms with van der Waals surface area (Å²) in [6, 6.07) is 11.4. The summed E-state index contributed by atoms with van der Waals surface area (Å²) in [6.45, 7) is 6.66. The first kappa shape index (κ1) is 23.8. The van der Waals surface area contributed by atoms with Gasteiger partial charge in [0.15, 0.2) is 5.82 Å². The molecule has 1 aromatic carbocycles. The normalized spacial score (nSPS) is 15.8. The van der Waals surface area contributed by atoms with E-state index in [2.05, 4.69) is 38.9 Å².